The molecule has 0 bridgehead atoms. The number of sulfonamides is 1. The van der Waals surface area contributed by atoms with E-state index in [-0.39, 0.29) is 10.8 Å². The first-order chi connectivity index (χ1) is 8.91. The molecule has 0 saturated heterocycles. The second-order valence-electron chi connectivity index (χ2n) is 5.12. The summed E-state index contributed by atoms with van der Waals surface area (Å²) in [5.41, 5.74) is 5.76. The van der Waals surface area contributed by atoms with Crippen LogP contribution in [-0.4, -0.2) is 35.7 Å². The Hall–Kier alpha value is -1.12. The van der Waals surface area contributed by atoms with Gasteiger partial charge >= 0.3 is 0 Å². The number of hydrogen-bond acceptors (Lipinski definition) is 5. The monoisotopic (exact) mass is 300 g/mol. The zero-order chi connectivity index (χ0) is 13.8. The van der Waals surface area contributed by atoms with Crippen molar-refractivity contribution in [2.75, 3.05) is 19.3 Å². The highest BCUT2D eigenvalue weighted by atomic mass is 32.2. The molecule has 0 radical (unpaired) electrons. The van der Waals surface area contributed by atoms with Crippen molar-refractivity contribution < 1.29 is 8.42 Å². The number of nitrogens with zero attached hydrogens (tertiary/aromatic N) is 3. The number of hydrogen-bond donors (Lipinski definition) is 1. The topological polar surface area (TPSA) is 80.7 Å². The number of nitrogens with two attached hydrogens (primary N) is 1. The number of imidazole rings is 1. The van der Waals surface area contributed by atoms with Crippen molar-refractivity contribution in [3.05, 3.63) is 11.6 Å². The summed E-state index contributed by atoms with van der Waals surface area (Å²) in [4.78, 5) is 4.69. The first-order valence-corrected chi connectivity index (χ1v) is 8.40. The third-order valence-electron chi connectivity index (χ3n) is 3.67. The van der Waals surface area contributed by atoms with E-state index >= 15 is 0 Å². The van der Waals surface area contributed by atoms with E-state index in [1.165, 1.54) is 15.6 Å². The zero-order valence-corrected chi connectivity index (χ0v) is 12.4. The fourth-order valence-corrected chi connectivity index (χ4v) is 4.44. The summed E-state index contributed by atoms with van der Waals surface area (Å²) in [7, 11) is -1.98. The fraction of sp³-hybridized carbons (Fsp3) is 0.545. The SMILES string of the molecule is CC1CC1CN(C)S(=O)(=O)c1c(N)nc2sccn12. The Bertz CT molecular complexity index is 718. The summed E-state index contributed by atoms with van der Waals surface area (Å²) < 4.78 is 28.1. The van der Waals surface area contributed by atoms with Gasteiger partial charge in [-0.15, -0.1) is 11.3 Å². The van der Waals surface area contributed by atoms with Gasteiger partial charge in [0.15, 0.2) is 15.8 Å². The Morgan fingerprint density at radius 1 is 1.63 bits per heavy atom. The molecule has 2 aromatic rings. The number of rotatable bonds is 4. The average Bonchev–Trinajstić information content (AvgIpc) is 2.73. The van der Waals surface area contributed by atoms with Crippen LogP contribution in [0.15, 0.2) is 16.6 Å². The minimum absolute atomic E-state index is 0.0718. The van der Waals surface area contributed by atoms with Crippen LogP contribution in [0.4, 0.5) is 5.82 Å². The predicted octanol–water partition coefficient (Wildman–Crippen LogP) is 1.25. The van der Waals surface area contributed by atoms with E-state index in [0.29, 0.717) is 23.3 Å². The average molecular weight is 300 g/mol. The molecule has 0 spiro atoms. The number of nitrogen functional groups attached to an aromatic ring is 1. The van der Waals surface area contributed by atoms with Gasteiger partial charge in [-0.3, -0.25) is 4.40 Å². The first-order valence-electron chi connectivity index (χ1n) is 6.08. The van der Waals surface area contributed by atoms with Crippen molar-refractivity contribution in [3.8, 4) is 0 Å². The zero-order valence-electron chi connectivity index (χ0n) is 10.8. The van der Waals surface area contributed by atoms with Gasteiger partial charge in [-0.2, -0.15) is 4.31 Å². The molecule has 1 fully saturated rings. The summed E-state index contributed by atoms with van der Waals surface area (Å²) in [5, 5.41) is 1.88. The Kier molecular flexibility index (Phi) is 2.84. The summed E-state index contributed by atoms with van der Waals surface area (Å²) in [6, 6.07) is 0. The molecule has 2 aromatic heterocycles. The van der Waals surface area contributed by atoms with Crippen LogP contribution in [0.3, 0.4) is 0 Å². The van der Waals surface area contributed by atoms with Crippen LogP contribution >= 0.6 is 11.3 Å². The van der Waals surface area contributed by atoms with Crippen molar-refractivity contribution in [2.24, 2.45) is 11.8 Å². The van der Waals surface area contributed by atoms with Gasteiger partial charge in [-0.05, 0) is 18.3 Å². The van der Waals surface area contributed by atoms with Crippen LogP contribution in [0.25, 0.3) is 4.96 Å². The number of thiazole rings is 1. The molecular weight excluding hydrogens is 284 g/mol. The lowest BCUT2D eigenvalue weighted by molar-refractivity contribution is 0.442. The quantitative estimate of drug-likeness (QED) is 0.921. The number of aromatic nitrogens is 2. The van der Waals surface area contributed by atoms with Gasteiger partial charge in [-0.25, -0.2) is 13.4 Å². The molecule has 2 heterocycles. The summed E-state index contributed by atoms with van der Waals surface area (Å²) in [6.45, 7) is 2.68. The summed E-state index contributed by atoms with van der Waals surface area (Å²) >= 11 is 1.37. The predicted molar refractivity (Wildman–Crippen MR) is 74.6 cm³/mol. The first kappa shape index (κ1) is 12.9. The highest BCUT2D eigenvalue weighted by Gasteiger charge is 2.37. The molecule has 2 unspecified atom stereocenters. The minimum atomic E-state index is -3.59. The molecule has 1 aliphatic rings. The molecular formula is C11H16N4O2S2. The van der Waals surface area contributed by atoms with Gasteiger partial charge in [-0.1, -0.05) is 6.92 Å². The van der Waals surface area contributed by atoms with E-state index in [9.17, 15) is 8.42 Å². The van der Waals surface area contributed by atoms with Crippen molar-refractivity contribution in [1.29, 1.82) is 0 Å². The number of anilines is 1. The van der Waals surface area contributed by atoms with Crippen molar-refractivity contribution in [1.82, 2.24) is 13.7 Å². The van der Waals surface area contributed by atoms with Crippen LogP contribution in [0.2, 0.25) is 0 Å². The maximum absolute atomic E-state index is 12.6. The Morgan fingerprint density at radius 3 is 2.95 bits per heavy atom. The van der Waals surface area contributed by atoms with E-state index in [1.54, 1.807) is 23.0 Å². The minimum Gasteiger partial charge on any atom is -0.381 e. The molecule has 19 heavy (non-hydrogen) atoms. The van der Waals surface area contributed by atoms with E-state index in [1.807, 2.05) is 0 Å². The molecule has 0 aliphatic heterocycles. The lowest BCUT2D eigenvalue weighted by Gasteiger charge is -2.16. The van der Waals surface area contributed by atoms with Crippen LogP contribution < -0.4 is 5.73 Å². The molecule has 0 aromatic carbocycles. The largest absolute Gasteiger partial charge is 0.381 e. The highest BCUT2D eigenvalue weighted by Crippen LogP contribution is 2.39. The van der Waals surface area contributed by atoms with Gasteiger partial charge in [0.25, 0.3) is 10.0 Å². The van der Waals surface area contributed by atoms with Crippen LogP contribution in [-0.2, 0) is 10.0 Å². The van der Waals surface area contributed by atoms with Crippen LogP contribution in [0, 0.1) is 11.8 Å². The second kappa shape index (κ2) is 4.19. The standard InChI is InChI=1S/C11H16N4O2S2/c1-7-5-8(7)6-14(2)19(16,17)10-9(12)13-11-15(10)3-4-18-11/h3-4,7-8H,5-6,12H2,1-2H3. The molecule has 6 nitrogen and oxygen atoms in total. The van der Waals surface area contributed by atoms with E-state index in [0.717, 1.165) is 6.42 Å². The van der Waals surface area contributed by atoms with Crippen molar-refractivity contribution in [3.63, 3.8) is 0 Å². The highest BCUT2D eigenvalue weighted by molar-refractivity contribution is 7.89. The maximum atomic E-state index is 12.6. The molecule has 3 rings (SSSR count). The molecule has 0 amide bonds. The van der Waals surface area contributed by atoms with E-state index in [2.05, 4.69) is 11.9 Å². The maximum Gasteiger partial charge on any atom is 0.262 e. The van der Waals surface area contributed by atoms with E-state index < -0.39 is 10.0 Å². The van der Waals surface area contributed by atoms with Gasteiger partial charge in [0.1, 0.15) is 0 Å². The third kappa shape index (κ3) is 2.03. The molecule has 2 atom stereocenters. The van der Waals surface area contributed by atoms with Gasteiger partial charge in [0.05, 0.1) is 0 Å². The van der Waals surface area contributed by atoms with Crippen LogP contribution in [0.5, 0.6) is 0 Å². The number of fused-ring (bicyclic) bond motifs is 1. The summed E-state index contributed by atoms with van der Waals surface area (Å²) in [6.07, 6.45) is 2.78. The van der Waals surface area contributed by atoms with Crippen molar-refractivity contribution in [2.45, 2.75) is 18.4 Å². The van der Waals surface area contributed by atoms with Crippen LogP contribution in [0.1, 0.15) is 13.3 Å². The molecule has 2 N–H and O–H groups in total. The lowest BCUT2D eigenvalue weighted by Crippen LogP contribution is -2.30. The Balaban J connectivity index is 1.98. The Labute approximate surface area is 115 Å². The molecule has 1 aliphatic carbocycles. The Morgan fingerprint density at radius 2 is 2.32 bits per heavy atom. The van der Waals surface area contributed by atoms with Gasteiger partial charge in [0.2, 0.25) is 0 Å². The molecule has 8 heteroatoms. The lowest BCUT2D eigenvalue weighted by atomic mass is 10.3. The van der Waals surface area contributed by atoms with Gasteiger partial charge in [0, 0.05) is 25.2 Å². The smallest absolute Gasteiger partial charge is 0.262 e. The fourth-order valence-electron chi connectivity index (χ4n) is 2.27. The van der Waals surface area contributed by atoms with E-state index in [4.69, 9.17) is 5.73 Å². The molecule has 1 saturated carbocycles. The normalized spacial score (nSPS) is 23.3. The summed E-state index contributed by atoms with van der Waals surface area (Å²) in [5.74, 6) is 1.15. The van der Waals surface area contributed by atoms with Gasteiger partial charge < -0.3 is 5.73 Å². The van der Waals surface area contributed by atoms with Crippen molar-refractivity contribution >= 4 is 32.1 Å². The second-order valence-corrected chi connectivity index (χ2v) is 7.95. The third-order valence-corrected chi connectivity index (χ3v) is 6.29. The molecule has 104 valence electrons.